The number of anilines is 1. The molecule has 2 aromatic heterocycles. The van der Waals surface area contributed by atoms with E-state index in [1.165, 1.54) is 24.3 Å². The highest BCUT2D eigenvalue weighted by atomic mass is 32.2. The van der Waals surface area contributed by atoms with Gasteiger partial charge in [-0.05, 0) is 24.3 Å². The zero-order valence-corrected chi connectivity index (χ0v) is 14.1. The summed E-state index contributed by atoms with van der Waals surface area (Å²) < 4.78 is 13.8. The van der Waals surface area contributed by atoms with Crippen molar-refractivity contribution in [2.24, 2.45) is 0 Å². The van der Waals surface area contributed by atoms with Crippen molar-refractivity contribution >= 4 is 44.9 Å². The smallest absolute Gasteiger partial charge is 0.252 e. The number of thioether (sulfide) groups is 1. The summed E-state index contributed by atoms with van der Waals surface area (Å²) >= 11 is 2.24. The Morgan fingerprint density at radius 1 is 1.40 bits per heavy atom. The molecule has 0 saturated carbocycles. The number of hydrogen-bond acceptors (Lipinski definition) is 6. The summed E-state index contributed by atoms with van der Waals surface area (Å²) in [7, 11) is 0. The molecule has 0 atom stereocenters. The molecule has 126 valence electrons. The molecule has 3 N–H and O–H groups in total. The van der Waals surface area contributed by atoms with Crippen molar-refractivity contribution in [1.29, 1.82) is 5.26 Å². The molecule has 25 heavy (non-hydrogen) atoms. The number of fused-ring (bicyclic) bond motifs is 1. The van der Waals surface area contributed by atoms with Crippen molar-refractivity contribution in [3.8, 4) is 11.8 Å². The number of benzene rings is 1. The molecule has 0 aliphatic rings. The first kappa shape index (κ1) is 17.0. The Morgan fingerprint density at radius 3 is 2.80 bits per heavy atom. The number of pyridine rings is 1. The SMILES string of the molecule is N#Cc1c(SCC(=O)Nc2ccc(F)cc2)sc2c(O)cc(=O)[nH]c12. The van der Waals surface area contributed by atoms with Crippen LogP contribution in [0.15, 0.2) is 39.3 Å². The molecule has 2 heterocycles. The highest BCUT2D eigenvalue weighted by Gasteiger charge is 2.17. The molecule has 0 bridgehead atoms. The van der Waals surface area contributed by atoms with Crippen LogP contribution >= 0.6 is 23.1 Å². The molecule has 3 rings (SSSR count). The van der Waals surface area contributed by atoms with Gasteiger partial charge in [-0.1, -0.05) is 0 Å². The van der Waals surface area contributed by atoms with E-state index in [-0.39, 0.29) is 28.5 Å². The second-order valence-electron chi connectivity index (χ2n) is 4.94. The van der Waals surface area contributed by atoms with E-state index in [1.807, 2.05) is 6.07 Å². The molecule has 0 aliphatic carbocycles. The summed E-state index contributed by atoms with van der Waals surface area (Å²) in [6, 6.07) is 8.39. The maximum atomic E-state index is 12.8. The molecule has 3 aromatic rings. The lowest BCUT2D eigenvalue weighted by Gasteiger charge is -2.04. The van der Waals surface area contributed by atoms with E-state index in [0.717, 1.165) is 29.2 Å². The number of thiophene rings is 1. The number of rotatable bonds is 4. The number of aromatic hydroxyl groups is 1. The number of hydrogen-bond donors (Lipinski definition) is 3. The standard InChI is InChI=1S/C16H10FN3O3S2/c17-8-1-3-9(4-2-8)19-13(23)7-24-16-10(6-18)14-15(25-16)11(21)5-12(22)20-14/h1-5H,7H2,(H,19,23)(H2,20,21,22). The van der Waals surface area contributed by atoms with Crippen LogP contribution in [0.3, 0.4) is 0 Å². The van der Waals surface area contributed by atoms with Crippen molar-refractivity contribution < 1.29 is 14.3 Å². The molecule has 0 spiro atoms. The minimum atomic E-state index is -0.509. The molecule has 0 aliphatic heterocycles. The molecule has 9 heteroatoms. The van der Waals surface area contributed by atoms with Crippen molar-refractivity contribution in [3.05, 3.63) is 52.1 Å². The van der Waals surface area contributed by atoms with Crippen LogP contribution in [-0.4, -0.2) is 21.8 Å². The van der Waals surface area contributed by atoms with E-state index in [1.54, 1.807) is 0 Å². The van der Waals surface area contributed by atoms with E-state index >= 15 is 0 Å². The lowest BCUT2D eigenvalue weighted by atomic mass is 10.3. The van der Waals surface area contributed by atoms with Gasteiger partial charge in [0.1, 0.15) is 23.2 Å². The summed E-state index contributed by atoms with van der Waals surface area (Å²) in [6.45, 7) is 0. The van der Waals surface area contributed by atoms with Crippen LogP contribution in [0, 0.1) is 17.1 Å². The molecular weight excluding hydrogens is 365 g/mol. The van der Waals surface area contributed by atoms with Gasteiger partial charge in [0.25, 0.3) is 5.56 Å². The Labute approximate surface area is 148 Å². The number of amides is 1. The summed E-state index contributed by atoms with van der Waals surface area (Å²) in [5.74, 6) is -0.909. The minimum absolute atomic E-state index is 0.0177. The molecule has 0 radical (unpaired) electrons. The van der Waals surface area contributed by atoms with Crippen LogP contribution in [-0.2, 0) is 4.79 Å². The molecule has 0 fully saturated rings. The van der Waals surface area contributed by atoms with E-state index < -0.39 is 11.4 Å². The normalized spacial score (nSPS) is 10.6. The van der Waals surface area contributed by atoms with Gasteiger partial charge in [-0.15, -0.1) is 23.1 Å². The van der Waals surface area contributed by atoms with Crippen molar-refractivity contribution in [2.45, 2.75) is 4.21 Å². The number of aromatic nitrogens is 1. The summed E-state index contributed by atoms with van der Waals surface area (Å²) in [4.78, 5) is 26.0. The predicted octanol–water partition coefficient (Wildman–Crippen LogP) is 3.04. The zero-order valence-electron chi connectivity index (χ0n) is 12.5. The Balaban J connectivity index is 1.78. The monoisotopic (exact) mass is 375 g/mol. The fraction of sp³-hybridized carbons (Fsp3) is 0.0625. The Hall–Kier alpha value is -2.83. The van der Waals surface area contributed by atoms with Crippen LogP contribution in [0.4, 0.5) is 10.1 Å². The molecule has 1 amide bonds. The average Bonchev–Trinajstić information content (AvgIpc) is 2.93. The van der Waals surface area contributed by atoms with Crippen LogP contribution in [0.5, 0.6) is 5.75 Å². The van der Waals surface area contributed by atoms with Crippen LogP contribution in [0.25, 0.3) is 10.2 Å². The van der Waals surface area contributed by atoms with Crippen LogP contribution in [0.1, 0.15) is 5.56 Å². The first-order valence-corrected chi connectivity index (χ1v) is 8.75. The number of H-pyrrole nitrogens is 1. The zero-order chi connectivity index (χ0) is 18.0. The number of carbonyl (C=O) groups is 1. The number of aromatic amines is 1. The van der Waals surface area contributed by atoms with Crippen molar-refractivity contribution in [3.63, 3.8) is 0 Å². The number of halogens is 1. The van der Waals surface area contributed by atoms with Crippen LogP contribution in [0.2, 0.25) is 0 Å². The summed E-state index contributed by atoms with van der Waals surface area (Å²) in [6.07, 6.45) is 0. The molecule has 6 nitrogen and oxygen atoms in total. The Morgan fingerprint density at radius 2 is 2.12 bits per heavy atom. The number of nitriles is 1. The van der Waals surface area contributed by atoms with Gasteiger partial charge < -0.3 is 15.4 Å². The predicted molar refractivity (Wildman–Crippen MR) is 94.6 cm³/mol. The fourth-order valence-electron chi connectivity index (χ4n) is 2.12. The van der Waals surface area contributed by atoms with E-state index in [4.69, 9.17) is 0 Å². The first-order chi connectivity index (χ1) is 12.0. The lowest BCUT2D eigenvalue weighted by molar-refractivity contribution is -0.113. The molecule has 0 saturated heterocycles. The topological polar surface area (TPSA) is 106 Å². The largest absolute Gasteiger partial charge is 0.506 e. The Kier molecular flexibility index (Phi) is 4.74. The quantitative estimate of drug-likeness (QED) is 0.608. The first-order valence-electron chi connectivity index (χ1n) is 6.95. The van der Waals surface area contributed by atoms with Gasteiger partial charge in [-0.3, -0.25) is 9.59 Å². The van der Waals surface area contributed by atoms with E-state index in [9.17, 15) is 24.3 Å². The van der Waals surface area contributed by atoms with Gasteiger partial charge in [-0.25, -0.2) is 4.39 Å². The maximum absolute atomic E-state index is 12.8. The highest BCUT2D eigenvalue weighted by molar-refractivity contribution is 8.02. The fourth-order valence-corrected chi connectivity index (χ4v) is 4.27. The molecule has 0 unspecified atom stereocenters. The molecule has 1 aromatic carbocycles. The summed E-state index contributed by atoms with van der Waals surface area (Å²) in [5.41, 5.74) is 0.433. The van der Waals surface area contributed by atoms with Gasteiger partial charge in [0.05, 0.1) is 20.2 Å². The van der Waals surface area contributed by atoms with Gasteiger partial charge in [0.2, 0.25) is 5.91 Å². The minimum Gasteiger partial charge on any atom is -0.506 e. The lowest BCUT2D eigenvalue weighted by Crippen LogP contribution is -2.13. The number of carbonyl (C=O) groups excluding carboxylic acids is 1. The van der Waals surface area contributed by atoms with Crippen molar-refractivity contribution in [1.82, 2.24) is 4.98 Å². The Bertz CT molecular complexity index is 1050. The third kappa shape index (κ3) is 3.65. The highest BCUT2D eigenvalue weighted by Crippen LogP contribution is 2.39. The second kappa shape index (κ2) is 6.96. The van der Waals surface area contributed by atoms with Gasteiger partial charge in [0.15, 0.2) is 0 Å². The van der Waals surface area contributed by atoms with Gasteiger partial charge >= 0.3 is 0 Å². The summed E-state index contributed by atoms with van der Waals surface area (Å²) in [5, 5.41) is 21.8. The second-order valence-corrected chi connectivity index (χ2v) is 7.21. The number of nitrogens with one attached hydrogen (secondary N) is 2. The van der Waals surface area contributed by atoms with E-state index in [2.05, 4.69) is 10.3 Å². The van der Waals surface area contributed by atoms with Gasteiger partial charge in [0, 0.05) is 11.8 Å². The van der Waals surface area contributed by atoms with Crippen LogP contribution < -0.4 is 10.9 Å². The number of nitrogens with zero attached hydrogens (tertiary/aromatic N) is 1. The maximum Gasteiger partial charge on any atom is 0.252 e. The van der Waals surface area contributed by atoms with E-state index in [0.29, 0.717) is 14.6 Å². The van der Waals surface area contributed by atoms with Crippen molar-refractivity contribution in [2.75, 3.05) is 11.1 Å². The third-order valence-corrected chi connectivity index (χ3v) is 5.68. The molecular formula is C16H10FN3O3S2. The van der Waals surface area contributed by atoms with Gasteiger partial charge in [-0.2, -0.15) is 5.26 Å². The average molecular weight is 375 g/mol. The third-order valence-electron chi connectivity index (χ3n) is 3.20.